The van der Waals surface area contributed by atoms with E-state index in [0.29, 0.717) is 12.3 Å². The third kappa shape index (κ3) is 1.06. The van der Waals surface area contributed by atoms with Crippen molar-refractivity contribution in [3.05, 3.63) is 11.3 Å². The standard InChI is InChI=1S/C8H12O2/c1-5(2)6-3-4-7(9)8(6)10/h5,10H,3-4H2,1-2H3. The summed E-state index contributed by atoms with van der Waals surface area (Å²) in [5.41, 5.74) is 0.921. The van der Waals surface area contributed by atoms with Crippen molar-refractivity contribution in [3.63, 3.8) is 0 Å². The molecule has 0 aromatic carbocycles. The Morgan fingerprint density at radius 2 is 2.00 bits per heavy atom. The molecule has 0 spiro atoms. The van der Waals surface area contributed by atoms with Gasteiger partial charge in [0.25, 0.3) is 0 Å². The highest BCUT2D eigenvalue weighted by molar-refractivity contribution is 5.96. The molecule has 0 amide bonds. The minimum atomic E-state index is -0.0938. The normalized spacial score (nSPS) is 19.3. The number of aliphatic hydroxyl groups is 1. The van der Waals surface area contributed by atoms with Crippen molar-refractivity contribution < 1.29 is 9.90 Å². The minimum absolute atomic E-state index is 0.0231. The molecule has 1 aliphatic rings. The van der Waals surface area contributed by atoms with Crippen LogP contribution in [0, 0.1) is 5.92 Å². The molecule has 0 saturated heterocycles. The highest BCUT2D eigenvalue weighted by Crippen LogP contribution is 2.26. The maximum absolute atomic E-state index is 10.8. The van der Waals surface area contributed by atoms with Gasteiger partial charge >= 0.3 is 0 Å². The summed E-state index contributed by atoms with van der Waals surface area (Å²) >= 11 is 0. The Hall–Kier alpha value is -0.790. The number of hydrogen-bond acceptors (Lipinski definition) is 2. The van der Waals surface area contributed by atoms with Crippen LogP contribution < -0.4 is 0 Å². The molecule has 1 N–H and O–H groups in total. The van der Waals surface area contributed by atoms with Crippen LogP contribution in [-0.4, -0.2) is 10.9 Å². The fraction of sp³-hybridized carbons (Fsp3) is 0.625. The van der Waals surface area contributed by atoms with Gasteiger partial charge in [0.05, 0.1) is 0 Å². The first kappa shape index (κ1) is 7.32. The fourth-order valence-electron chi connectivity index (χ4n) is 1.23. The van der Waals surface area contributed by atoms with E-state index < -0.39 is 0 Å². The van der Waals surface area contributed by atoms with Gasteiger partial charge in [0.2, 0.25) is 0 Å². The molecule has 0 aromatic heterocycles. The Bertz CT molecular complexity index is 189. The maximum atomic E-state index is 10.8. The lowest BCUT2D eigenvalue weighted by Gasteiger charge is -2.03. The first-order chi connectivity index (χ1) is 4.63. The van der Waals surface area contributed by atoms with Crippen LogP contribution in [0.25, 0.3) is 0 Å². The molecule has 10 heavy (non-hydrogen) atoms. The molecule has 0 atom stereocenters. The molecule has 56 valence electrons. The van der Waals surface area contributed by atoms with Gasteiger partial charge in [-0.05, 0) is 17.9 Å². The van der Waals surface area contributed by atoms with Gasteiger partial charge in [0.15, 0.2) is 11.5 Å². The second-order valence-corrected chi connectivity index (χ2v) is 2.95. The molecule has 0 bridgehead atoms. The van der Waals surface area contributed by atoms with Crippen LogP contribution in [0.5, 0.6) is 0 Å². The number of Topliss-reactive ketones (excluding diaryl/α,β-unsaturated/α-hetero) is 1. The van der Waals surface area contributed by atoms with Crippen LogP contribution in [0.15, 0.2) is 11.3 Å². The van der Waals surface area contributed by atoms with Crippen LogP contribution in [0.3, 0.4) is 0 Å². The second-order valence-electron chi connectivity index (χ2n) is 2.95. The number of carbonyl (C=O) groups is 1. The summed E-state index contributed by atoms with van der Waals surface area (Å²) in [7, 11) is 0. The van der Waals surface area contributed by atoms with E-state index in [-0.39, 0.29) is 11.5 Å². The monoisotopic (exact) mass is 140 g/mol. The van der Waals surface area contributed by atoms with Crippen molar-refractivity contribution in [2.75, 3.05) is 0 Å². The molecular formula is C8H12O2. The SMILES string of the molecule is CC(C)C1=C(O)C(=O)CC1. The number of carbonyl (C=O) groups excluding carboxylic acids is 1. The van der Waals surface area contributed by atoms with Crippen LogP contribution in [0.2, 0.25) is 0 Å². The largest absolute Gasteiger partial charge is 0.504 e. The average Bonchev–Trinajstić information content (AvgIpc) is 2.14. The zero-order valence-electron chi connectivity index (χ0n) is 6.35. The third-order valence-corrected chi connectivity index (χ3v) is 1.89. The predicted molar refractivity (Wildman–Crippen MR) is 38.7 cm³/mol. The Balaban J connectivity index is 2.85. The maximum Gasteiger partial charge on any atom is 0.197 e. The summed E-state index contributed by atoms with van der Waals surface area (Å²) < 4.78 is 0. The fourth-order valence-corrected chi connectivity index (χ4v) is 1.23. The molecule has 2 heteroatoms. The van der Waals surface area contributed by atoms with E-state index in [1.165, 1.54) is 0 Å². The molecule has 0 saturated carbocycles. The van der Waals surface area contributed by atoms with Crippen molar-refractivity contribution in [2.45, 2.75) is 26.7 Å². The van der Waals surface area contributed by atoms with E-state index in [1.54, 1.807) is 0 Å². The average molecular weight is 140 g/mol. The minimum Gasteiger partial charge on any atom is -0.504 e. The van der Waals surface area contributed by atoms with Crippen molar-refractivity contribution in [1.82, 2.24) is 0 Å². The third-order valence-electron chi connectivity index (χ3n) is 1.89. The molecule has 0 heterocycles. The highest BCUT2D eigenvalue weighted by atomic mass is 16.3. The van der Waals surface area contributed by atoms with Gasteiger partial charge in [-0.25, -0.2) is 0 Å². The Kier molecular flexibility index (Phi) is 1.79. The van der Waals surface area contributed by atoms with Crippen molar-refractivity contribution in [2.24, 2.45) is 5.92 Å². The van der Waals surface area contributed by atoms with Gasteiger partial charge in [-0.1, -0.05) is 13.8 Å². The molecule has 1 aliphatic carbocycles. The van der Waals surface area contributed by atoms with E-state index >= 15 is 0 Å². The number of aliphatic hydroxyl groups excluding tert-OH is 1. The lowest BCUT2D eigenvalue weighted by molar-refractivity contribution is -0.117. The summed E-state index contributed by atoms with van der Waals surface area (Å²) in [6.45, 7) is 3.98. The van der Waals surface area contributed by atoms with Crippen molar-refractivity contribution in [3.8, 4) is 0 Å². The summed E-state index contributed by atoms with van der Waals surface area (Å²) in [4.78, 5) is 10.8. The lowest BCUT2D eigenvalue weighted by atomic mass is 10.0. The topological polar surface area (TPSA) is 37.3 Å². The van der Waals surface area contributed by atoms with E-state index in [9.17, 15) is 4.79 Å². The van der Waals surface area contributed by atoms with Gasteiger partial charge in [-0.2, -0.15) is 0 Å². The first-order valence-electron chi connectivity index (χ1n) is 3.58. The molecule has 1 rings (SSSR count). The first-order valence-corrected chi connectivity index (χ1v) is 3.58. The van der Waals surface area contributed by atoms with Crippen LogP contribution >= 0.6 is 0 Å². The predicted octanol–water partition coefficient (Wildman–Crippen LogP) is 1.82. The van der Waals surface area contributed by atoms with Gasteiger partial charge in [-0.3, -0.25) is 4.79 Å². The molecular weight excluding hydrogens is 128 g/mol. The summed E-state index contributed by atoms with van der Waals surface area (Å²) in [6, 6.07) is 0. The van der Waals surface area contributed by atoms with Gasteiger partial charge in [-0.15, -0.1) is 0 Å². The number of ketones is 1. The summed E-state index contributed by atoms with van der Waals surface area (Å²) in [5.74, 6) is 0.241. The van der Waals surface area contributed by atoms with Gasteiger partial charge in [0, 0.05) is 6.42 Å². The molecule has 0 fully saturated rings. The summed E-state index contributed by atoms with van der Waals surface area (Å²) in [6.07, 6.45) is 1.25. The smallest absolute Gasteiger partial charge is 0.197 e. The molecule has 0 aliphatic heterocycles. The second kappa shape index (κ2) is 2.45. The zero-order chi connectivity index (χ0) is 7.72. The Morgan fingerprint density at radius 3 is 2.20 bits per heavy atom. The zero-order valence-corrected chi connectivity index (χ0v) is 6.35. The number of hydrogen-bond donors (Lipinski definition) is 1. The summed E-state index contributed by atoms with van der Waals surface area (Å²) in [5, 5.41) is 9.16. The molecule has 0 aromatic rings. The highest BCUT2D eigenvalue weighted by Gasteiger charge is 2.23. The van der Waals surface area contributed by atoms with E-state index in [4.69, 9.17) is 5.11 Å². The van der Waals surface area contributed by atoms with Gasteiger partial charge in [0.1, 0.15) is 0 Å². The lowest BCUT2D eigenvalue weighted by Crippen LogP contribution is -1.97. The quantitative estimate of drug-likeness (QED) is 0.603. The molecule has 0 radical (unpaired) electrons. The Morgan fingerprint density at radius 1 is 1.40 bits per heavy atom. The van der Waals surface area contributed by atoms with Gasteiger partial charge < -0.3 is 5.11 Å². The van der Waals surface area contributed by atoms with Crippen LogP contribution in [-0.2, 0) is 4.79 Å². The van der Waals surface area contributed by atoms with Crippen LogP contribution in [0.4, 0.5) is 0 Å². The number of allylic oxidation sites excluding steroid dienone is 2. The number of rotatable bonds is 1. The molecule has 0 unspecified atom stereocenters. The van der Waals surface area contributed by atoms with Crippen molar-refractivity contribution in [1.29, 1.82) is 0 Å². The molecule has 2 nitrogen and oxygen atoms in total. The van der Waals surface area contributed by atoms with E-state index in [1.807, 2.05) is 13.8 Å². The van der Waals surface area contributed by atoms with E-state index in [2.05, 4.69) is 0 Å². The Labute approximate surface area is 60.6 Å². The van der Waals surface area contributed by atoms with E-state index in [0.717, 1.165) is 12.0 Å². The van der Waals surface area contributed by atoms with Crippen molar-refractivity contribution >= 4 is 5.78 Å². The van der Waals surface area contributed by atoms with Crippen LogP contribution in [0.1, 0.15) is 26.7 Å².